The molecule has 1 N–H and O–H groups in total. The summed E-state index contributed by atoms with van der Waals surface area (Å²) in [5.74, 6) is 0.000950. The van der Waals surface area contributed by atoms with E-state index in [1.54, 1.807) is 30.4 Å². The van der Waals surface area contributed by atoms with Crippen LogP contribution in [0, 0.1) is 5.92 Å². The Balaban J connectivity index is 4.54. The van der Waals surface area contributed by atoms with Gasteiger partial charge in [-0.3, -0.25) is 14.4 Å². The first-order chi connectivity index (χ1) is 15.0. The summed E-state index contributed by atoms with van der Waals surface area (Å²) < 4.78 is 6.37. The van der Waals surface area contributed by atoms with Gasteiger partial charge in [0.05, 0.1) is 6.10 Å². The first kappa shape index (κ1) is 29.4. The highest BCUT2D eigenvalue weighted by Crippen LogP contribution is 2.37. The fourth-order valence-corrected chi connectivity index (χ4v) is 3.49. The minimum Gasteiger partial charge on any atom is -0.410 e. The van der Waals surface area contributed by atoms with E-state index in [0.717, 1.165) is 12.6 Å². The van der Waals surface area contributed by atoms with Gasteiger partial charge in [0.2, 0.25) is 5.91 Å². The van der Waals surface area contributed by atoms with Gasteiger partial charge < -0.3 is 9.74 Å². The Bertz CT molecular complexity index is 752. The SMILES string of the molecule is C[C@H](/C=C/C=C/C=O)CNC(=O)/C=C/C=C/C=C/CC(/C=C/C=O)O[Si](C)(C)C(C)(C)C. The fraction of sp³-hybridized carbons (Fsp3) is 0.423. The van der Waals surface area contributed by atoms with Gasteiger partial charge in [-0.1, -0.05) is 82.4 Å². The molecule has 0 aromatic carbocycles. The zero-order valence-corrected chi connectivity index (χ0v) is 21.3. The summed E-state index contributed by atoms with van der Waals surface area (Å²) in [5, 5.41) is 2.92. The van der Waals surface area contributed by atoms with Crippen molar-refractivity contribution in [3.05, 3.63) is 72.9 Å². The van der Waals surface area contributed by atoms with Crippen LogP contribution in [0.5, 0.6) is 0 Å². The van der Waals surface area contributed by atoms with Crippen LogP contribution in [0.2, 0.25) is 18.1 Å². The maximum Gasteiger partial charge on any atom is 0.243 e. The molecule has 0 aliphatic heterocycles. The third-order valence-corrected chi connectivity index (χ3v) is 9.59. The topological polar surface area (TPSA) is 72.5 Å². The maximum absolute atomic E-state index is 11.8. The molecule has 0 fully saturated rings. The van der Waals surface area contributed by atoms with Crippen LogP contribution in [-0.4, -0.2) is 39.4 Å². The lowest BCUT2D eigenvalue weighted by molar-refractivity contribution is -0.116. The summed E-state index contributed by atoms with van der Waals surface area (Å²) in [4.78, 5) is 32.7. The molecule has 0 bridgehead atoms. The van der Waals surface area contributed by atoms with Crippen molar-refractivity contribution in [2.75, 3.05) is 6.54 Å². The van der Waals surface area contributed by atoms with Crippen LogP contribution in [0.4, 0.5) is 0 Å². The van der Waals surface area contributed by atoms with Crippen molar-refractivity contribution in [1.82, 2.24) is 5.32 Å². The van der Waals surface area contributed by atoms with Crippen molar-refractivity contribution in [2.24, 2.45) is 5.92 Å². The van der Waals surface area contributed by atoms with Gasteiger partial charge in [-0.05, 0) is 42.6 Å². The largest absolute Gasteiger partial charge is 0.410 e. The second-order valence-electron chi connectivity index (χ2n) is 8.97. The summed E-state index contributed by atoms with van der Waals surface area (Å²) in [6, 6.07) is 0. The third kappa shape index (κ3) is 14.4. The minimum atomic E-state index is -1.94. The Morgan fingerprint density at radius 1 is 0.906 bits per heavy atom. The predicted molar refractivity (Wildman–Crippen MR) is 136 cm³/mol. The molecule has 0 aromatic rings. The van der Waals surface area contributed by atoms with Crippen LogP contribution >= 0.6 is 0 Å². The van der Waals surface area contributed by atoms with Crippen molar-refractivity contribution in [2.45, 2.75) is 58.4 Å². The van der Waals surface area contributed by atoms with E-state index < -0.39 is 8.32 Å². The highest BCUT2D eigenvalue weighted by Gasteiger charge is 2.38. The molecule has 5 nitrogen and oxygen atoms in total. The summed E-state index contributed by atoms with van der Waals surface area (Å²) in [7, 11) is -1.94. The standard InChI is InChI=1S/C26H39NO4Si/c1-23(16-11-10-14-20-28)22-27-25(30)19-13-9-7-8-12-17-24(18-15-21-29)31-32(5,6)26(2,3)4/h7-16,18-21,23-24H,17,22H2,1-6H3,(H,27,30)/b9-7+,12-8+,14-10+,16-11+,18-15+,19-13+/t23-,24?/m1/s1. The normalized spacial score (nSPS) is 15.6. The molecule has 0 spiro atoms. The molecule has 32 heavy (non-hydrogen) atoms. The molecule has 0 aromatic heterocycles. The summed E-state index contributed by atoms with van der Waals surface area (Å²) in [6.45, 7) is 13.4. The molecule has 0 saturated heterocycles. The van der Waals surface area contributed by atoms with Gasteiger partial charge in [0.1, 0.15) is 12.6 Å². The number of nitrogens with one attached hydrogen (secondary N) is 1. The molecule has 0 aliphatic rings. The zero-order chi connectivity index (χ0) is 24.5. The average molecular weight is 458 g/mol. The second-order valence-corrected chi connectivity index (χ2v) is 13.7. The number of allylic oxidation sites excluding steroid dienone is 8. The average Bonchev–Trinajstić information content (AvgIpc) is 2.71. The van der Waals surface area contributed by atoms with Gasteiger partial charge in [0.15, 0.2) is 8.32 Å². The van der Waals surface area contributed by atoms with Crippen molar-refractivity contribution >= 4 is 26.8 Å². The molecule has 1 unspecified atom stereocenters. The molecular formula is C26H39NO4Si. The zero-order valence-electron chi connectivity index (χ0n) is 20.3. The molecule has 1 amide bonds. The molecule has 176 valence electrons. The molecule has 0 saturated carbocycles. The van der Waals surface area contributed by atoms with E-state index in [0.29, 0.717) is 13.0 Å². The van der Waals surface area contributed by atoms with Gasteiger partial charge in [-0.2, -0.15) is 0 Å². The molecule has 0 rings (SSSR count). The number of carbonyl (C=O) groups excluding carboxylic acids is 3. The molecule has 0 radical (unpaired) electrons. The van der Waals surface area contributed by atoms with E-state index in [-0.39, 0.29) is 23.0 Å². The van der Waals surface area contributed by atoms with Crippen LogP contribution in [-0.2, 0) is 18.8 Å². The second kappa shape index (κ2) is 16.1. The van der Waals surface area contributed by atoms with Gasteiger partial charge in [0.25, 0.3) is 0 Å². The molecule has 6 heteroatoms. The summed E-state index contributed by atoms with van der Waals surface area (Å²) >= 11 is 0. The Morgan fingerprint density at radius 3 is 2.16 bits per heavy atom. The lowest BCUT2D eigenvalue weighted by Crippen LogP contribution is -2.43. The Labute approximate surface area is 194 Å². The lowest BCUT2D eigenvalue weighted by Gasteiger charge is -2.38. The lowest BCUT2D eigenvalue weighted by atomic mass is 10.1. The molecule has 0 heterocycles. The highest BCUT2D eigenvalue weighted by molar-refractivity contribution is 6.74. The fourth-order valence-electron chi connectivity index (χ4n) is 2.20. The minimum absolute atomic E-state index is 0.0940. The number of amides is 1. The summed E-state index contributed by atoms with van der Waals surface area (Å²) in [6.07, 6.45) is 22.8. The van der Waals surface area contributed by atoms with E-state index in [1.807, 2.05) is 31.2 Å². The van der Waals surface area contributed by atoms with E-state index in [4.69, 9.17) is 4.43 Å². The van der Waals surface area contributed by atoms with Gasteiger partial charge in [0, 0.05) is 12.6 Å². The summed E-state index contributed by atoms with van der Waals surface area (Å²) in [5.41, 5.74) is 0. The Morgan fingerprint density at radius 2 is 1.53 bits per heavy atom. The van der Waals surface area contributed by atoms with E-state index in [1.165, 1.54) is 18.2 Å². The number of rotatable bonds is 14. The van der Waals surface area contributed by atoms with Gasteiger partial charge in [-0.25, -0.2) is 0 Å². The van der Waals surface area contributed by atoms with Crippen molar-refractivity contribution < 1.29 is 18.8 Å². The van der Waals surface area contributed by atoms with E-state index in [9.17, 15) is 14.4 Å². The van der Waals surface area contributed by atoms with E-state index in [2.05, 4.69) is 39.2 Å². The van der Waals surface area contributed by atoms with Crippen LogP contribution in [0.15, 0.2) is 72.9 Å². The number of hydrogen-bond acceptors (Lipinski definition) is 4. The molecular weight excluding hydrogens is 418 g/mol. The predicted octanol–water partition coefficient (Wildman–Crippen LogP) is 5.25. The number of aldehydes is 2. The molecule has 2 atom stereocenters. The van der Waals surface area contributed by atoms with E-state index >= 15 is 0 Å². The number of hydrogen-bond donors (Lipinski definition) is 1. The number of carbonyl (C=O) groups is 3. The van der Waals surface area contributed by atoms with Crippen LogP contribution in [0.1, 0.15) is 34.1 Å². The Kier molecular flexibility index (Phi) is 14.8. The van der Waals surface area contributed by atoms with Crippen LogP contribution in [0.3, 0.4) is 0 Å². The van der Waals surface area contributed by atoms with Gasteiger partial charge >= 0.3 is 0 Å². The van der Waals surface area contributed by atoms with Gasteiger partial charge in [-0.15, -0.1) is 0 Å². The Hall–Kier alpha value is -2.57. The maximum atomic E-state index is 11.8. The van der Waals surface area contributed by atoms with Crippen molar-refractivity contribution in [1.29, 1.82) is 0 Å². The van der Waals surface area contributed by atoms with Crippen LogP contribution in [0.25, 0.3) is 0 Å². The van der Waals surface area contributed by atoms with Crippen molar-refractivity contribution in [3.8, 4) is 0 Å². The first-order valence-corrected chi connectivity index (χ1v) is 13.8. The molecule has 0 aliphatic carbocycles. The first-order valence-electron chi connectivity index (χ1n) is 10.9. The smallest absolute Gasteiger partial charge is 0.243 e. The monoisotopic (exact) mass is 457 g/mol. The third-order valence-electron chi connectivity index (χ3n) is 5.08. The highest BCUT2D eigenvalue weighted by atomic mass is 28.4. The van der Waals surface area contributed by atoms with Crippen LogP contribution < -0.4 is 5.32 Å². The quantitative estimate of drug-likeness (QED) is 0.167. The van der Waals surface area contributed by atoms with Crippen molar-refractivity contribution in [3.63, 3.8) is 0 Å².